The van der Waals surface area contributed by atoms with Crippen molar-refractivity contribution in [3.8, 4) is 11.9 Å². The summed E-state index contributed by atoms with van der Waals surface area (Å²) in [5.74, 6) is 1.89. The number of carbonyl (C=O) groups excluding carboxylic acids is 2. The number of pyridine rings is 1. The molecule has 68 heavy (non-hydrogen) atoms. The molecule has 7 aliphatic carbocycles. The first-order valence-corrected chi connectivity index (χ1v) is 28.0. The molecule has 0 aliphatic heterocycles. The molecule has 374 valence electrons. The van der Waals surface area contributed by atoms with E-state index in [0.717, 1.165) is 32.2 Å². The molecular weight excluding hydrogens is 875 g/mol. The lowest BCUT2D eigenvalue weighted by Gasteiger charge is -2.72. The van der Waals surface area contributed by atoms with Crippen LogP contribution in [0.1, 0.15) is 170 Å². The van der Waals surface area contributed by atoms with Crippen LogP contribution in [0.15, 0.2) is 53.8 Å². The molecule has 0 aromatic carbocycles. The first-order chi connectivity index (χ1) is 32.0. The smallest absolute Gasteiger partial charge is 0.318 e. The lowest BCUT2D eigenvalue weighted by Crippen LogP contribution is -2.68. The highest BCUT2D eigenvalue weighted by molar-refractivity contribution is 7.91. The zero-order chi connectivity index (χ0) is 49.1. The van der Waals surface area contributed by atoms with Crippen LogP contribution in [0.5, 0.6) is 5.88 Å². The number of aliphatic hydroxyl groups is 1. The van der Waals surface area contributed by atoms with E-state index in [2.05, 4.69) is 76.6 Å². The van der Waals surface area contributed by atoms with Gasteiger partial charge in [-0.15, -0.1) is 0 Å². The number of rotatable bonds is 14. The summed E-state index contributed by atoms with van der Waals surface area (Å²) in [6.45, 7) is 21.8. The number of allylic oxidation sites excluding steroid dienone is 5. The molecule has 7 aliphatic rings. The molecule has 2 N–H and O–H groups in total. The van der Waals surface area contributed by atoms with Crippen LogP contribution in [-0.4, -0.2) is 73.0 Å². The maximum Gasteiger partial charge on any atom is 0.318 e. The minimum absolute atomic E-state index is 0.0178. The Morgan fingerprint density at radius 2 is 1.68 bits per heavy atom. The molecule has 1 heterocycles. The average molecular weight is 956 g/mol. The number of carbonyl (C=O) groups is 2. The van der Waals surface area contributed by atoms with Gasteiger partial charge in [-0.3, -0.25) is 9.59 Å². The number of esters is 2. The van der Waals surface area contributed by atoms with Crippen LogP contribution >= 0.6 is 0 Å². The molecule has 8 rings (SSSR count). The lowest BCUT2D eigenvalue weighted by atomic mass is 9.33. The van der Waals surface area contributed by atoms with E-state index in [1.807, 2.05) is 0 Å². The average Bonchev–Trinajstić information content (AvgIpc) is 3.68. The molecule has 0 amide bonds. The summed E-state index contributed by atoms with van der Waals surface area (Å²) < 4.78 is 41.4. The van der Waals surface area contributed by atoms with Crippen molar-refractivity contribution in [1.29, 1.82) is 5.26 Å². The highest BCUT2D eigenvalue weighted by Crippen LogP contribution is 2.76. The third-order valence-corrected chi connectivity index (χ3v) is 22.3. The van der Waals surface area contributed by atoms with E-state index in [4.69, 9.17) is 14.2 Å². The number of ether oxygens (including phenoxy) is 3. The molecule has 0 bridgehead atoms. The summed E-state index contributed by atoms with van der Waals surface area (Å²) in [6.07, 6.45) is 22.8. The lowest BCUT2D eigenvalue weighted by molar-refractivity contribution is -0.221. The summed E-state index contributed by atoms with van der Waals surface area (Å²) in [5, 5.41) is 25.2. The van der Waals surface area contributed by atoms with Gasteiger partial charge < -0.3 is 24.6 Å². The van der Waals surface area contributed by atoms with Crippen molar-refractivity contribution in [1.82, 2.24) is 10.3 Å². The number of fused-ring (bicyclic) bond motifs is 7. The van der Waals surface area contributed by atoms with E-state index in [0.29, 0.717) is 86.5 Å². The van der Waals surface area contributed by atoms with Gasteiger partial charge in [0.05, 0.1) is 10.9 Å². The van der Waals surface area contributed by atoms with Crippen LogP contribution in [0.2, 0.25) is 0 Å². The molecule has 0 saturated heterocycles. The Labute approximate surface area is 407 Å². The van der Waals surface area contributed by atoms with Crippen molar-refractivity contribution < 1.29 is 37.3 Å². The molecule has 10 atom stereocenters. The fraction of sp³-hybridized carbons (Fsp3) is 0.750. The van der Waals surface area contributed by atoms with Gasteiger partial charge in [-0.05, 0) is 197 Å². The number of nitrogens with zero attached hydrogens (tertiary/aromatic N) is 2. The van der Waals surface area contributed by atoms with Gasteiger partial charge in [0.1, 0.15) is 33.5 Å². The quantitative estimate of drug-likeness (QED) is 0.104. The zero-order valence-electron chi connectivity index (χ0n) is 42.5. The largest absolute Gasteiger partial charge is 0.475 e. The molecule has 1 aromatic heterocycles. The van der Waals surface area contributed by atoms with Crippen LogP contribution < -0.4 is 10.1 Å². The fourth-order valence-corrected chi connectivity index (χ4v) is 17.8. The van der Waals surface area contributed by atoms with Crippen LogP contribution in [-0.2, 0) is 28.9 Å². The second kappa shape index (κ2) is 18.6. The van der Waals surface area contributed by atoms with Crippen molar-refractivity contribution >= 4 is 21.8 Å². The minimum Gasteiger partial charge on any atom is -0.475 e. The van der Waals surface area contributed by atoms with Gasteiger partial charge >= 0.3 is 11.9 Å². The molecule has 11 nitrogen and oxygen atoms in total. The number of sulfone groups is 1. The van der Waals surface area contributed by atoms with Crippen molar-refractivity contribution in [2.75, 3.05) is 26.2 Å². The number of nitrogens with one attached hydrogen (secondary N) is 1. The van der Waals surface area contributed by atoms with E-state index in [1.54, 1.807) is 25.3 Å². The minimum atomic E-state index is -3.09. The Morgan fingerprint density at radius 3 is 2.34 bits per heavy atom. The van der Waals surface area contributed by atoms with Crippen molar-refractivity contribution in [3.63, 3.8) is 0 Å². The highest BCUT2D eigenvalue weighted by atomic mass is 32.2. The maximum atomic E-state index is 13.9. The monoisotopic (exact) mass is 956 g/mol. The van der Waals surface area contributed by atoms with E-state index >= 15 is 0 Å². The second-order valence-corrected chi connectivity index (χ2v) is 26.5. The molecular formula is C56H81N3O8S. The standard InChI is InChI=1S/C56H81N3O8S/c1-10-46(60)66-36-67-49(61)54(35-65-48-39(34-57)12-11-32-58-48)24-15-38(16-25-54)42-20-22-51(6)44(50(42,4)5)21-23-53(8)45(51)14-13-43-47-41(37(2)3)19-28-56(47,30-29-52(43,53)7)59-33-31-55(62)26-17-40(18-27-55)68(9,63)64/h11-12,15,20,32,40-41,43-45,47,59,62H,2,10,13-14,16-19,21-31,33,35-36H2,1,3-9H3/t40-,41-,43+,44-,45+,47+,51-,52+,53+,54+,55+,56-/m0/s1. The van der Waals surface area contributed by atoms with E-state index in [9.17, 15) is 28.4 Å². The van der Waals surface area contributed by atoms with Crippen LogP contribution in [0.25, 0.3) is 0 Å². The predicted molar refractivity (Wildman–Crippen MR) is 264 cm³/mol. The third-order valence-electron chi connectivity index (χ3n) is 20.6. The molecule has 5 saturated carbocycles. The van der Waals surface area contributed by atoms with Crippen LogP contribution in [0, 0.1) is 68.0 Å². The van der Waals surface area contributed by atoms with Crippen LogP contribution in [0.4, 0.5) is 0 Å². The van der Waals surface area contributed by atoms with Gasteiger partial charge in [0, 0.05) is 24.4 Å². The van der Waals surface area contributed by atoms with Gasteiger partial charge in [-0.25, -0.2) is 13.4 Å². The number of aromatic nitrogens is 1. The van der Waals surface area contributed by atoms with Crippen LogP contribution in [0.3, 0.4) is 0 Å². The molecule has 0 radical (unpaired) electrons. The normalized spacial score (nSPS) is 39.6. The van der Waals surface area contributed by atoms with Crippen molar-refractivity contribution in [3.05, 3.63) is 59.3 Å². The summed E-state index contributed by atoms with van der Waals surface area (Å²) in [7, 11) is -3.09. The topological polar surface area (TPSA) is 165 Å². The molecule has 5 fully saturated rings. The molecule has 0 spiro atoms. The fourth-order valence-electron chi connectivity index (χ4n) is 16.7. The Morgan fingerprint density at radius 1 is 0.926 bits per heavy atom. The van der Waals surface area contributed by atoms with Gasteiger partial charge in [0.15, 0.2) is 0 Å². The molecule has 1 aromatic rings. The van der Waals surface area contributed by atoms with Crippen molar-refractivity contribution in [2.45, 2.75) is 180 Å². The zero-order valence-corrected chi connectivity index (χ0v) is 43.3. The summed E-state index contributed by atoms with van der Waals surface area (Å²) >= 11 is 0. The Bertz CT molecular complexity index is 2340. The molecule has 0 unspecified atom stereocenters. The number of nitriles is 1. The predicted octanol–water partition coefficient (Wildman–Crippen LogP) is 10.5. The maximum absolute atomic E-state index is 13.9. The first kappa shape index (κ1) is 50.8. The summed E-state index contributed by atoms with van der Waals surface area (Å²) in [4.78, 5) is 30.1. The summed E-state index contributed by atoms with van der Waals surface area (Å²) in [5.41, 5.74) is 2.86. The highest BCUT2D eigenvalue weighted by Gasteiger charge is 2.70. The van der Waals surface area contributed by atoms with E-state index in [-0.39, 0.29) is 51.4 Å². The van der Waals surface area contributed by atoms with Gasteiger partial charge in [0.2, 0.25) is 12.7 Å². The van der Waals surface area contributed by atoms with Gasteiger partial charge in [0.25, 0.3) is 0 Å². The number of hydrogen-bond acceptors (Lipinski definition) is 11. The van der Waals surface area contributed by atoms with Gasteiger partial charge in [-0.1, -0.05) is 65.8 Å². The second-order valence-electron chi connectivity index (χ2n) is 24.2. The van der Waals surface area contributed by atoms with E-state index < -0.39 is 39.6 Å². The molecule has 12 heteroatoms. The number of hydrogen-bond donors (Lipinski definition) is 2. The first-order valence-electron chi connectivity index (χ1n) is 26.0. The third kappa shape index (κ3) is 8.73. The SMILES string of the molecule is C=C(C)[C@@H]1CC[C@]2(NCC[C@]3(O)CC[C@@H](S(C)(=O)=O)CC3)CC[C@]3(C)[C@H](CC[C@@H]4[C@@]5(C)CC=C(C6=CC[C@@](COc7ncccc7C#N)(C(=O)OCOC(=O)CC)CC6)C(C)(C)[C@@H]5CC[C@]43C)[C@@H]12. The Kier molecular flexibility index (Phi) is 13.9. The Hall–Kier alpha value is -3.53. The Balaban J connectivity index is 1.00. The van der Waals surface area contributed by atoms with Crippen molar-refractivity contribution in [2.24, 2.45) is 56.7 Å². The van der Waals surface area contributed by atoms with E-state index in [1.165, 1.54) is 55.1 Å². The van der Waals surface area contributed by atoms with Gasteiger partial charge in [-0.2, -0.15) is 5.26 Å². The summed E-state index contributed by atoms with van der Waals surface area (Å²) in [6, 6.07) is 5.45.